The highest BCUT2D eigenvalue weighted by atomic mass is 16.4. The van der Waals surface area contributed by atoms with Crippen molar-refractivity contribution in [3.8, 4) is 0 Å². The van der Waals surface area contributed by atoms with Crippen LogP contribution in [0.4, 0.5) is 0 Å². The van der Waals surface area contributed by atoms with Gasteiger partial charge in [0.05, 0.1) is 0 Å². The number of aliphatic carboxylic acids is 1. The highest BCUT2D eigenvalue weighted by Crippen LogP contribution is 2.40. The third-order valence-corrected chi connectivity index (χ3v) is 5.29. The first-order chi connectivity index (χ1) is 11.0. The Labute approximate surface area is 136 Å². The van der Waals surface area contributed by atoms with E-state index in [0.29, 0.717) is 18.4 Å². The van der Waals surface area contributed by atoms with E-state index in [4.69, 9.17) is 0 Å². The maximum absolute atomic E-state index is 12.6. The Balaban J connectivity index is 1.81. The number of hydrogen-bond donors (Lipinski definition) is 2. The molecule has 4 nitrogen and oxygen atoms in total. The second-order valence-electron chi connectivity index (χ2n) is 7.01. The number of carboxylic acids is 1. The van der Waals surface area contributed by atoms with Gasteiger partial charge < -0.3 is 10.4 Å². The molecule has 0 aromatic carbocycles. The molecule has 1 amide bonds. The van der Waals surface area contributed by atoms with Crippen molar-refractivity contribution in [1.29, 1.82) is 0 Å². The molecule has 0 aliphatic heterocycles. The van der Waals surface area contributed by atoms with Crippen LogP contribution in [0.15, 0.2) is 47.6 Å². The lowest BCUT2D eigenvalue weighted by Gasteiger charge is -2.35. The molecular weight excluding hydrogens is 290 g/mol. The maximum Gasteiger partial charge on any atom is 0.329 e. The lowest BCUT2D eigenvalue weighted by molar-refractivity contribution is -0.148. The molecule has 1 atom stereocenters. The zero-order valence-electron chi connectivity index (χ0n) is 13.5. The fourth-order valence-corrected chi connectivity index (χ4v) is 3.64. The Morgan fingerprint density at radius 1 is 1.22 bits per heavy atom. The summed E-state index contributed by atoms with van der Waals surface area (Å²) in [5.41, 5.74) is 0.468. The number of nitrogens with one attached hydrogen (secondary N) is 1. The van der Waals surface area contributed by atoms with Gasteiger partial charge in [-0.3, -0.25) is 4.79 Å². The summed E-state index contributed by atoms with van der Waals surface area (Å²) < 4.78 is 0. The van der Waals surface area contributed by atoms with Crippen molar-refractivity contribution >= 4 is 11.9 Å². The van der Waals surface area contributed by atoms with Gasteiger partial charge >= 0.3 is 5.97 Å². The standard InChI is InChI=1S/C19H23NO3/c1-18-9-6-3-7-15(18)13-14(8-12-18)16(21)20-19(17(22)23)10-4-2-5-11-19/h3,6-8,12-13H,2,4-5,9-11H2,1H3,(H,20,21)(H,22,23). The topological polar surface area (TPSA) is 66.4 Å². The molecule has 122 valence electrons. The van der Waals surface area contributed by atoms with Crippen LogP contribution in [0.2, 0.25) is 0 Å². The van der Waals surface area contributed by atoms with Gasteiger partial charge in [0.15, 0.2) is 0 Å². The molecule has 23 heavy (non-hydrogen) atoms. The second kappa shape index (κ2) is 5.84. The van der Waals surface area contributed by atoms with Gasteiger partial charge in [0.2, 0.25) is 0 Å². The molecule has 0 spiro atoms. The number of amides is 1. The van der Waals surface area contributed by atoms with Crippen molar-refractivity contribution in [3.05, 3.63) is 47.6 Å². The average Bonchev–Trinajstić information content (AvgIpc) is 2.54. The van der Waals surface area contributed by atoms with Gasteiger partial charge in [-0.25, -0.2) is 4.79 Å². The Bertz CT molecular complexity index is 648. The fraction of sp³-hybridized carbons (Fsp3) is 0.474. The zero-order valence-corrected chi connectivity index (χ0v) is 13.5. The smallest absolute Gasteiger partial charge is 0.329 e. The van der Waals surface area contributed by atoms with Gasteiger partial charge in [-0.15, -0.1) is 0 Å². The third kappa shape index (κ3) is 2.90. The number of carboxylic acid groups (broad SMARTS) is 1. The first-order valence-corrected chi connectivity index (χ1v) is 8.29. The van der Waals surface area contributed by atoms with Crippen molar-refractivity contribution in [2.24, 2.45) is 5.41 Å². The Morgan fingerprint density at radius 3 is 2.65 bits per heavy atom. The van der Waals surface area contributed by atoms with E-state index in [2.05, 4.69) is 18.3 Å². The normalized spacial score (nSPS) is 28.4. The molecule has 1 saturated carbocycles. The van der Waals surface area contributed by atoms with Gasteiger partial charge in [-0.2, -0.15) is 0 Å². The molecule has 1 fully saturated rings. The number of carbonyl (C=O) groups excluding carboxylic acids is 1. The third-order valence-electron chi connectivity index (χ3n) is 5.29. The largest absolute Gasteiger partial charge is 0.480 e. The molecule has 4 heteroatoms. The molecule has 0 bridgehead atoms. The number of fused-ring (bicyclic) bond motifs is 1. The predicted molar refractivity (Wildman–Crippen MR) is 88.8 cm³/mol. The molecule has 2 N–H and O–H groups in total. The van der Waals surface area contributed by atoms with E-state index >= 15 is 0 Å². The van der Waals surface area contributed by atoms with Crippen LogP contribution < -0.4 is 5.32 Å². The minimum Gasteiger partial charge on any atom is -0.480 e. The van der Waals surface area contributed by atoms with Gasteiger partial charge in [0.25, 0.3) is 5.91 Å². The Kier molecular flexibility index (Phi) is 4.00. The second-order valence-corrected chi connectivity index (χ2v) is 7.01. The lowest BCUT2D eigenvalue weighted by Crippen LogP contribution is -2.55. The highest BCUT2D eigenvalue weighted by molar-refractivity contribution is 6.00. The summed E-state index contributed by atoms with van der Waals surface area (Å²) in [6.45, 7) is 2.14. The van der Waals surface area contributed by atoms with E-state index in [1.54, 1.807) is 0 Å². The Hall–Kier alpha value is -2.10. The van der Waals surface area contributed by atoms with Gasteiger partial charge in [-0.05, 0) is 30.9 Å². The van der Waals surface area contributed by atoms with Gasteiger partial charge in [0.1, 0.15) is 5.54 Å². The van der Waals surface area contributed by atoms with Gasteiger partial charge in [-0.1, -0.05) is 56.6 Å². The van der Waals surface area contributed by atoms with Crippen LogP contribution in [0.25, 0.3) is 0 Å². The van der Waals surface area contributed by atoms with Crippen molar-refractivity contribution in [3.63, 3.8) is 0 Å². The van der Waals surface area contributed by atoms with Crippen LogP contribution in [0.5, 0.6) is 0 Å². The van der Waals surface area contributed by atoms with Crippen molar-refractivity contribution < 1.29 is 14.7 Å². The monoisotopic (exact) mass is 313 g/mol. The molecule has 0 radical (unpaired) electrons. The molecule has 3 aliphatic carbocycles. The molecule has 0 saturated heterocycles. The van der Waals surface area contributed by atoms with E-state index < -0.39 is 11.5 Å². The average molecular weight is 313 g/mol. The van der Waals surface area contributed by atoms with Crippen LogP contribution in [0.1, 0.15) is 45.4 Å². The molecule has 0 heterocycles. The van der Waals surface area contributed by atoms with E-state index in [1.165, 1.54) is 0 Å². The lowest BCUT2D eigenvalue weighted by atomic mass is 9.73. The first-order valence-electron chi connectivity index (χ1n) is 8.29. The molecule has 0 aromatic rings. The van der Waals surface area contributed by atoms with Crippen LogP contribution in [0.3, 0.4) is 0 Å². The summed E-state index contributed by atoms with van der Waals surface area (Å²) in [5.74, 6) is -1.21. The number of rotatable bonds is 3. The van der Waals surface area contributed by atoms with Crippen molar-refractivity contribution in [2.75, 3.05) is 0 Å². The van der Waals surface area contributed by atoms with Crippen LogP contribution in [-0.2, 0) is 9.59 Å². The van der Waals surface area contributed by atoms with E-state index in [-0.39, 0.29) is 11.3 Å². The molecule has 1 unspecified atom stereocenters. The number of carbonyl (C=O) groups is 2. The van der Waals surface area contributed by atoms with E-state index in [9.17, 15) is 14.7 Å². The quantitative estimate of drug-likeness (QED) is 0.840. The summed E-state index contributed by atoms with van der Waals surface area (Å²) in [5, 5.41) is 12.4. The molecule has 0 aromatic heterocycles. The van der Waals surface area contributed by atoms with Crippen molar-refractivity contribution in [1.82, 2.24) is 5.32 Å². The SMILES string of the molecule is CC12C=CC(C(=O)NC3(C(=O)O)CCCCC3)=CC1=CC=CC2. The van der Waals surface area contributed by atoms with Gasteiger partial charge in [0, 0.05) is 11.0 Å². The summed E-state index contributed by atoms with van der Waals surface area (Å²) in [7, 11) is 0. The van der Waals surface area contributed by atoms with Crippen LogP contribution in [-0.4, -0.2) is 22.5 Å². The molecule has 3 aliphatic rings. The molecular formula is C19H23NO3. The predicted octanol–water partition coefficient (Wildman–Crippen LogP) is 3.28. The van der Waals surface area contributed by atoms with E-state index in [0.717, 1.165) is 31.3 Å². The van der Waals surface area contributed by atoms with E-state index in [1.807, 2.05) is 30.4 Å². The summed E-state index contributed by atoms with van der Waals surface area (Å²) >= 11 is 0. The number of hydrogen-bond acceptors (Lipinski definition) is 2. The minimum absolute atomic E-state index is 0.0617. The minimum atomic E-state index is -1.11. The summed E-state index contributed by atoms with van der Waals surface area (Å²) in [6, 6.07) is 0. The first kappa shape index (κ1) is 15.8. The molecule has 3 rings (SSSR count). The zero-order chi connectivity index (χ0) is 16.5. The maximum atomic E-state index is 12.6. The summed E-state index contributed by atoms with van der Waals surface area (Å²) in [4.78, 5) is 24.3. The fourth-order valence-electron chi connectivity index (χ4n) is 3.64. The van der Waals surface area contributed by atoms with Crippen molar-refractivity contribution in [2.45, 2.75) is 51.0 Å². The summed E-state index contributed by atoms with van der Waals surface area (Å²) in [6.07, 6.45) is 16.6. The van der Waals surface area contributed by atoms with Crippen LogP contribution in [0, 0.1) is 5.41 Å². The highest BCUT2D eigenvalue weighted by Gasteiger charge is 2.41. The van der Waals surface area contributed by atoms with Crippen LogP contribution >= 0.6 is 0 Å². The number of allylic oxidation sites excluding steroid dienone is 6. The Morgan fingerprint density at radius 2 is 1.96 bits per heavy atom.